The van der Waals surface area contributed by atoms with Crippen LogP contribution in [0.3, 0.4) is 0 Å². The zero-order chi connectivity index (χ0) is 12.6. The van der Waals surface area contributed by atoms with Gasteiger partial charge in [0.1, 0.15) is 6.04 Å². The molecule has 0 spiro atoms. The Labute approximate surface area is 103 Å². The molecule has 1 heterocycles. The number of hydrogen-bond donors (Lipinski definition) is 2. The average Bonchev–Trinajstić information content (AvgIpc) is 2.51. The maximum atomic E-state index is 11.3. The van der Waals surface area contributed by atoms with Gasteiger partial charge in [0.05, 0.1) is 6.10 Å². The van der Waals surface area contributed by atoms with Crippen LogP contribution >= 0.6 is 0 Å². The maximum Gasteiger partial charge on any atom is 0.237 e. The number of carbonyl (C=O) groups excluding carboxylic acids is 1. The van der Waals surface area contributed by atoms with Gasteiger partial charge in [-0.3, -0.25) is 9.69 Å². The molecule has 4 nitrogen and oxygen atoms in total. The second kappa shape index (κ2) is 4.94. The molecule has 0 unspecified atom stereocenters. The summed E-state index contributed by atoms with van der Waals surface area (Å²) in [5.74, 6) is 1.92. The van der Waals surface area contributed by atoms with Gasteiger partial charge in [0.25, 0.3) is 0 Å². The van der Waals surface area contributed by atoms with E-state index in [1.54, 1.807) is 0 Å². The highest BCUT2D eigenvalue weighted by molar-refractivity contribution is 5.80. The van der Waals surface area contributed by atoms with Gasteiger partial charge in [0.2, 0.25) is 5.91 Å². The summed E-state index contributed by atoms with van der Waals surface area (Å²) < 4.78 is 0. The lowest BCUT2D eigenvalue weighted by Gasteiger charge is -2.41. The van der Waals surface area contributed by atoms with Crippen LogP contribution in [0.25, 0.3) is 0 Å². The number of primary amides is 1. The number of carbonyl (C=O) groups is 1. The van der Waals surface area contributed by atoms with Gasteiger partial charge in [-0.2, -0.15) is 0 Å². The first-order valence-electron chi connectivity index (χ1n) is 6.70. The molecule has 0 aromatic rings. The standard InChI is InChI=1S/C13H24N2O2/c1-8(2)10-5-9(6-10)7-15-4-3-11(16)12(15)13(14)17/h8-12,16H,3-7H2,1-2H3,(H2,14,17)/t9?,10?,11-,12+/m0/s1. The fraction of sp³-hybridized carbons (Fsp3) is 0.923. The van der Waals surface area contributed by atoms with E-state index in [-0.39, 0.29) is 5.91 Å². The second-order valence-corrected chi connectivity index (χ2v) is 6.04. The average molecular weight is 240 g/mol. The molecule has 0 bridgehead atoms. The number of aliphatic hydroxyl groups is 1. The van der Waals surface area contributed by atoms with Crippen LogP contribution in [0.4, 0.5) is 0 Å². The summed E-state index contributed by atoms with van der Waals surface area (Å²) in [6.45, 7) is 6.27. The largest absolute Gasteiger partial charge is 0.391 e. The van der Waals surface area contributed by atoms with Crippen LogP contribution in [0.5, 0.6) is 0 Å². The zero-order valence-electron chi connectivity index (χ0n) is 10.8. The molecule has 0 aromatic carbocycles. The van der Waals surface area contributed by atoms with Crippen LogP contribution in [0.15, 0.2) is 0 Å². The van der Waals surface area contributed by atoms with E-state index in [0.717, 1.165) is 24.9 Å². The Hall–Kier alpha value is -0.610. The van der Waals surface area contributed by atoms with E-state index in [0.29, 0.717) is 12.3 Å². The molecule has 2 rings (SSSR count). The number of aliphatic hydroxyl groups excluding tert-OH is 1. The molecule has 2 fully saturated rings. The molecule has 1 aliphatic carbocycles. The maximum absolute atomic E-state index is 11.3. The van der Waals surface area contributed by atoms with Gasteiger partial charge < -0.3 is 10.8 Å². The fourth-order valence-electron chi connectivity index (χ4n) is 3.23. The molecule has 2 aliphatic rings. The van der Waals surface area contributed by atoms with Gasteiger partial charge in [-0.15, -0.1) is 0 Å². The second-order valence-electron chi connectivity index (χ2n) is 6.04. The Morgan fingerprint density at radius 3 is 2.65 bits per heavy atom. The van der Waals surface area contributed by atoms with E-state index in [9.17, 15) is 9.90 Å². The number of nitrogens with two attached hydrogens (primary N) is 1. The summed E-state index contributed by atoms with van der Waals surface area (Å²) in [5.41, 5.74) is 5.35. The first-order valence-corrected chi connectivity index (χ1v) is 6.70. The fourth-order valence-corrected chi connectivity index (χ4v) is 3.23. The Bertz CT molecular complexity index is 287. The first-order chi connectivity index (χ1) is 7.99. The van der Waals surface area contributed by atoms with Gasteiger partial charge in [0.15, 0.2) is 0 Å². The van der Waals surface area contributed by atoms with Crippen molar-refractivity contribution in [3.05, 3.63) is 0 Å². The number of hydrogen-bond acceptors (Lipinski definition) is 3. The Balaban J connectivity index is 1.82. The van der Waals surface area contributed by atoms with Crippen LogP contribution in [0.1, 0.15) is 33.1 Å². The summed E-state index contributed by atoms with van der Waals surface area (Å²) in [7, 11) is 0. The molecule has 98 valence electrons. The lowest BCUT2D eigenvalue weighted by Crippen LogP contribution is -2.48. The van der Waals surface area contributed by atoms with Gasteiger partial charge in [0, 0.05) is 13.1 Å². The molecule has 0 radical (unpaired) electrons. The third-order valence-electron chi connectivity index (χ3n) is 4.47. The minimum absolute atomic E-state index is 0.380. The van der Waals surface area contributed by atoms with E-state index in [2.05, 4.69) is 18.7 Å². The summed E-state index contributed by atoms with van der Waals surface area (Å²) in [6, 6.07) is -0.451. The quantitative estimate of drug-likeness (QED) is 0.756. The lowest BCUT2D eigenvalue weighted by molar-refractivity contribution is -0.125. The summed E-state index contributed by atoms with van der Waals surface area (Å²) >= 11 is 0. The van der Waals surface area contributed by atoms with Crippen LogP contribution in [0, 0.1) is 17.8 Å². The van der Waals surface area contributed by atoms with E-state index in [1.165, 1.54) is 12.8 Å². The minimum atomic E-state index is -0.562. The van der Waals surface area contributed by atoms with Crippen molar-refractivity contribution in [3.8, 4) is 0 Å². The molecule has 1 amide bonds. The SMILES string of the molecule is CC(C)C1CC(CN2CC[C@H](O)[C@@H]2C(N)=O)C1. The molecule has 4 heteroatoms. The lowest BCUT2D eigenvalue weighted by atomic mass is 9.69. The molecule has 3 N–H and O–H groups in total. The molecule has 1 saturated carbocycles. The highest BCUT2D eigenvalue weighted by atomic mass is 16.3. The van der Waals surface area contributed by atoms with Crippen LogP contribution in [-0.4, -0.2) is 41.1 Å². The highest BCUT2D eigenvalue weighted by Gasteiger charge is 2.40. The molecule has 17 heavy (non-hydrogen) atoms. The number of likely N-dealkylation sites (tertiary alicyclic amines) is 1. The summed E-state index contributed by atoms with van der Waals surface area (Å²) in [4.78, 5) is 13.4. The minimum Gasteiger partial charge on any atom is -0.391 e. The zero-order valence-corrected chi connectivity index (χ0v) is 10.8. The van der Waals surface area contributed by atoms with Gasteiger partial charge >= 0.3 is 0 Å². The van der Waals surface area contributed by atoms with Crippen molar-refractivity contribution in [1.82, 2.24) is 4.90 Å². The third-order valence-corrected chi connectivity index (χ3v) is 4.47. The van der Waals surface area contributed by atoms with Crippen molar-refractivity contribution in [2.24, 2.45) is 23.5 Å². The summed E-state index contributed by atoms with van der Waals surface area (Å²) in [5, 5.41) is 9.73. The van der Waals surface area contributed by atoms with Crippen molar-refractivity contribution < 1.29 is 9.90 Å². The van der Waals surface area contributed by atoms with Crippen molar-refractivity contribution >= 4 is 5.91 Å². The topological polar surface area (TPSA) is 66.6 Å². The monoisotopic (exact) mass is 240 g/mol. The van der Waals surface area contributed by atoms with Gasteiger partial charge in [-0.25, -0.2) is 0 Å². The van der Waals surface area contributed by atoms with E-state index in [4.69, 9.17) is 5.73 Å². The molecule has 2 atom stereocenters. The van der Waals surface area contributed by atoms with E-state index >= 15 is 0 Å². The van der Waals surface area contributed by atoms with E-state index in [1.807, 2.05) is 0 Å². The van der Waals surface area contributed by atoms with Crippen LogP contribution in [-0.2, 0) is 4.79 Å². The Kier molecular flexibility index (Phi) is 3.73. The summed E-state index contributed by atoms with van der Waals surface area (Å²) in [6.07, 6.45) is 2.63. The smallest absolute Gasteiger partial charge is 0.237 e. The predicted octanol–water partition coefficient (Wildman–Crippen LogP) is 0.589. The molecule has 0 aromatic heterocycles. The number of nitrogens with zero attached hydrogens (tertiary/aromatic N) is 1. The van der Waals surface area contributed by atoms with Crippen molar-refractivity contribution in [2.75, 3.05) is 13.1 Å². The molecule has 1 aliphatic heterocycles. The predicted molar refractivity (Wildman–Crippen MR) is 66.2 cm³/mol. The first kappa shape index (κ1) is 12.8. The molecule has 1 saturated heterocycles. The number of amides is 1. The van der Waals surface area contributed by atoms with Gasteiger partial charge in [-0.1, -0.05) is 13.8 Å². The van der Waals surface area contributed by atoms with Crippen molar-refractivity contribution in [2.45, 2.75) is 45.3 Å². The number of rotatable bonds is 4. The highest BCUT2D eigenvalue weighted by Crippen LogP contribution is 2.39. The Morgan fingerprint density at radius 1 is 1.47 bits per heavy atom. The van der Waals surface area contributed by atoms with E-state index < -0.39 is 12.1 Å². The Morgan fingerprint density at radius 2 is 2.12 bits per heavy atom. The van der Waals surface area contributed by atoms with Crippen LogP contribution < -0.4 is 5.73 Å². The third kappa shape index (κ3) is 2.63. The molecular formula is C13H24N2O2. The van der Waals surface area contributed by atoms with Crippen LogP contribution in [0.2, 0.25) is 0 Å². The van der Waals surface area contributed by atoms with Gasteiger partial charge in [-0.05, 0) is 37.0 Å². The van der Waals surface area contributed by atoms with Crippen molar-refractivity contribution in [1.29, 1.82) is 0 Å². The van der Waals surface area contributed by atoms with Crippen molar-refractivity contribution in [3.63, 3.8) is 0 Å². The normalized spacial score (nSPS) is 38.4. The molecular weight excluding hydrogens is 216 g/mol.